The van der Waals surface area contributed by atoms with E-state index in [0.717, 1.165) is 18.2 Å². The first-order chi connectivity index (χ1) is 24.5. The molecule has 2 bridgehead atoms. The molecular formula is C36H31F2N5O8S. The number of aliphatic hydroxyl groups is 1. The van der Waals surface area contributed by atoms with Crippen LogP contribution in [-0.2, 0) is 16.4 Å². The summed E-state index contributed by atoms with van der Waals surface area (Å²) in [6.07, 6.45) is 1.36. The highest BCUT2D eigenvalue weighted by atomic mass is 32.2. The van der Waals surface area contributed by atoms with E-state index in [1.54, 1.807) is 30.9 Å². The van der Waals surface area contributed by atoms with Crippen LogP contribution in [0, 0.1) is 43.2 Å². The summed E-state index contributed by atoms with van der Waals surface area (Å²) in [5.74, 6) is -1.90. The van der Waals surface area contributed by atoms with E-state index >= 15 is 4.39 Å². The monoisotopic (exact) mass is 731 g/mol. The summed E-state index contributed by atoms with van der Waals surface area (Å²) in [5.41, 5.74) is -1.19. The van der Waals surface area contributed by atoms with Crippen molar-refractivity contribution in [3.63, 3.8) is 0 Å². The van der Waals surface area contributed by atoms with E-state index in [1.165, 1.54) is 42.5 Å². The second kappa shape index (κ2) is 13.5. The number of fused-ring (bicyclic) bond motifs is 2. The number of halogens is 2. The molecule has 0 aromatic heterocycles. The first kappa shape index (κ1) is 36.2. The Morgan fingerprint density at radius 1 is 0.962 bits per heavy atom. The Bertz CT molecular complexity index is 2300. The molecule has 0 saturated carbocycles. The number of non-ortho nitro benzene ring substituents is 1. The Morgan fingerprint density at radius 2 is 1.69 bits per heavy atom. The second-order valence-electron chi connectivity index (χ2n) is 13.5. The van der Waals surface area contributed by atoms with Gasteiger partial charge in [0, 0.05) is 41.7 Å². The minimum atomic E-state index is -4.56. The van der Waals surface area contributed by atoms with E-state index in [9.17, 15) is 48.2 Å². The predicted octanol–water partition coefficient (Wildman–Crippen LogP) is 6.02. The number of nitro groups is 2. The van der Waals surface area contributed by atoms with E-state index < -0.39 is 77.4 Å². The van der Waals surface area contributed by atoms with Crippen LogP contribution in [0.2, 0.25) is 0 Å². The molecule has 3 atom stereocenters. The predicted molar refractivity (Wildman–Crippen MR) is 183 cm³/mol. The van der Waals surface area contributed by atoms with Gasteiger partial charge < -0.3 is 10.0 Å². The summed E-state index contributed by atoms with van der Waals surface area (Å²) < 4.78 is 59.8. The molecular weight excluding hydrogens is 700 g/mol. The number of hydrogen-bond donors (Lipinski definition) is 2. The molecule has 2 heterocycles. The number of carbonyl (C=O) groups is 1. The highest BCUT2D eigenvalue weighted by Crippen LogP contribution is 2.42. The molecule has 4 aromatic rings. The molecule has 0 radical (unpaired) electrons. The van der Waals surface area contributed by atoms with Crippen molar-refractivity contribution >= 4 is 27.3 Å². The lowest BCUT2D eigenvalue weighted by molar-refractivity contribution is -0.396. The Morgan fingerprint density at radius 3 is 2.33 bits per heavy atom. The molecule has 2 aliphatic rings. The largest absolute Gasteiger partial charge is 0.390 e. The van der Waals surface area contributed by atoms with E-state index in [2.05, 4.69) is 4.72 Å². The lowest BCUT2D eigenvalue weighted by Gasteiger charge is -2.25. The fourth-order valence-corrected chi connectivity index (χ4v) is 8.58. The number of rotatable bonds is 10. The maximum absolute atomic E-state index is 15.6. The number of hydrogen-bond acceptors (Lipinski definition) is 9. The molecule has 0 unspecified atom stereocenters. The molecule has 2 fully saturated rings. The van der Waals surface area contributed by atoms with Gasteiger partial charge in [0.15, 0.2) is 4.90 Å². The number of benzene rings is 4. The quantitative estimate of drug-likeness (QED) is 0.145. The third-order valence-electron chi connectivity index (χ3n) is 9.34. The van der Waals surface area contributed by atoms with Gasteiger partial charge in [-0.05, 0) is 91.8 Å². The lowest BCUT2D eigenvalue weighted by Crippen LogP contribution is -2.45. The SMILES string of the molecule is CC(C)(O)Cc1ccc(-c2ccc(C(=O)N3[C@H]4CC[C@@H]3[C@H](NS(=O)(=O)c3ccc([N+](=O)[O-])cc3[N+](=O)[O-])C4)cc2-c2ccc(C#N)c(F)c2)c(F)c1. The maximum atomic E-state index is 15.6. The zero-order valence-electron chi connectivity index (χ0n) is 27.7. The van der Waals surface area contributed by atoms with Crippen molar-refractivity contribution in [2.75, 3.05) is 0 Å². The van der Waals surface area contributed by atoms with Crippen molar-refractivity contribution in [3.8, 4) is 28.3 Å². The van der Waals surface area contributed by atoms with Crippen LogP contribution >= 0.6 is 0 Å². The van der Waals surface area contributed by atoms with Crippen molar-refractivity contribution in [3.05, 3.63) is 121 Å². The van der Waals surface area contributed by atoms with Gasteiger partial charge in [0.1, 0.15) is 17.7 Å². The van der Waals surface area contributed by atoms with Crippen LogP contribution in [-0.4, -0.2) is 57.9 Å². The minimum Gasteiger partial charge on any atom is -0.390 e. The molecule has 1 amide bonds. The third kappa shape index (κ3) is 6.98. The van der Waals surface area contributed by atoms with Gasteiger partial charge in [-0.3, -0.25) is 25.0 Å². The normalized spacial score (nSPS) is 18.3. The van der Waals surface area contributed by atoms with Crippen LogP contribution in [0.1, 0.15) is 54.6 Å². The molecule has 13 nitrogen and oxygen atoms in total. The average Bonchev–Trinajstić information content (AvgIpc) is 3.64. The van der Waals surface area contributed by atoms with Gasteiger partial charge in [0.2, 0.25) is 10.0 Å². The second-order valence-corrected chi connectivity index (χ2v) is 15.2. The summed E-state index contributed by atoms with van der Waals surface area (Å²) in [6, 6.07) is 15.0. The smallest absolute Gasteiger partial charge is 0.296 e. The zero-order chi connectivity index (χ0) is 37.7. The number of carbonyl (C=O) groups excluding carboxylic acids is 1. The Kier molecular flexibility index (Phi) is 9.38. The van der Waals surface area contributed by atoms with E-state index in [-0.39, 0.29) is 40.7 Å². The summed E-state index contributed by atoms with van der Waals surface area (Å²) in [7, 11) is -4.56. The average molecular weight is 732 g/mol. The van der Waals surface area contributed by atoms with Crippen molar-refractivity contribution in [1.29, 1.82) is 5.26 Å². The van der Waals surface area contributed by atoms with Crippen molar-refractivity contribution in [2.45, 2.75) is 68.2 Å². The fraction of sp³-hybridized carbons (Fsp3) is 0.278. The molecule has 2 aliphatic heterocycles. The summed E-state index contributed by atoms with van der Waals surface area (Å²) in [5, 5.41) is 42.3. The number of amides is 1. The van der Waals surface area contributed by atoms with Gasteiger partial charge in [-0.15, -0.1) is 0 Å². The zero-order valence-corrected chi connectivity index (χ0v) is 28.6. The molecule has 268 valence electrons. The Labute approximate surface area is 296 Å². The van der Waals surface area contributed by atoms with Crippen LogP contribution in [0.5, 0.6) is 0 Å². The summed E-state index contributed by atoms with van der Waals surface area (Å²) >= 11 is 0. The van der Waals surface area contributed by atoms with Crippen LogP contribution in [0.3, 0.4) is 0 Å². The topological polar surface area (TPSA) is 197 Å². The fourth-order valence-electron chi connectivity index (χ4n) is 7.14. The molecule has 16 heteroatoms. The number of nitrogens with zero attached hydrogens (tertiary/aromatic N) is 4. The van der Waals surface area contributed by atoms with Gasteiger partial charge in [-0.2, -0.15) is 5.26 Å². The van der Waals surface area contributed by atoms with Gasteiger partial charge >= 0.3 is 0 Å². The molecule has 0 aliphatic carbocycles. The van der Waals surface area contributed by atoms with Crippen LogP contribution in [0.15, 0.2) is 77.7 Å². The summed E-state index contributed by atoms with van der Waals surface area (Å²) in [4.78, 5) is 35.9. The van der Waals surface area contributed by atoms with E-state index in [1.807, 2.05) is 0 Å². The standard InChI is InChI=1S/C36H31F2N5O8S/c1-36(2,45)18-20-3-9-27(30(38)13-20)26-10-6-22(14-28(26)21-4-5-23(19-39)29(37)15-21)35(44)41-24-7-11-32(41)31(16-24)40-52(50,51)34-12-8-25(42(46)47)17-33(34)43(48)49/h3-6,8-10,12-15,17,24,31-32,40,45H,7,11,16,18H2,1-2H3/t24-,31+,32+/m0/s1. The molecule has 2 N–H and O–H groups in total. The van der Waals surface area contributed by atoms with Crippen molar-refractivity contribution < 1.29 is 36.9 Å². The van der Waals surface area contributed by atoms with Crippen molar-refractivity contribution in [1.82, 2.24) is 9.62 Å². The number of nitriles is 1. The van der Waals surface area contributed by atoms with Gasteiger partial charge in [-0.25, -0.2) is 21.9 Å². The van der Waals surface area contributed by atoms with Gasteiger partial charge in [0.25, 0.3) is 17.3 Å². The summed E-state index contributed by atoms with van der Waals surface area (Å²) in [6.45, 7) is 3.20. The van der Waals surface area contributed by atoms with Crippen LogP contribution in [0.25, 0.3) is 22.3 Å². The number of nitrogens with one attached hydrogen (secondary N) is 1. The van der Waals surface area contributed by atoms with Crippen LogP contribution < -0.4 is 4.72 Å². The van der Waals surface area contributed by atoms with Gasteiger partial charge in [-0.1, -0.05) is 24.3 Å². The molecule has 0 spiro atoms. The number of nitro benzene ring substituents is 2. The lowest BCUT2D eigenvalue weighted by atomic mass is 9.90. The highest BCUT2D eigenvalue weighted by molar-refractivity contribution is 7.89. The first-order valence-electron chi connectivity index (χ1n) is 16.1. The van der Waals surface area contributed by atoms with E-state index in [4.69, 9.17) is 0 Å². The maximum Gasteiger partial charge on any atom is 0.296 e. The molecule has 4 aromatic carbocycles. The molecule has 6 rings (SSSR count). The van der Waals surface area contributed by atoms with Crippen LogP contribution in [0.4, 0.5) is 20.2 Å². The Hall–Kier alpha value is -5.63. The minimum absolute atomic E-state index is 0.147. The molecule has 52 heavy (non-hydrogen) atoms. The van der Waals surface area contributed by atoms with Crippen molar-refractivity contribution in [2.24, 2.45) is 0 Å². The van der Waals surface area contributed by atoms with E-state index in [0.29, 0.717) is 30.0 Å². The first-order valence-corrected chi connectivity index (χ1v) is 17.6. The van der Waals surface area contributed by atoms with Gasteiger partial charge in [0.05, 0.1) is 27.1 Å². The highest BCUT2D eigenvalue weighted by Gasteiger charge is 2.50. The third-order valence-corrected chi connectivity index (χ3v) is 10.9. The Balaban J connectivity index is 1.34. The number of sulfonamides is 1. The molecule has 2 saturated heterocycles.